The molecule has 0 aromatic heterocycles. The molecule has 138 valence electrons. The third-order valence-corrected chi connectivity index (χ3v) is 7.39. The Morgan fingerprint density at radius 2 is 1.68 bits per heavy atom. The number of carbonyl (C=O) groups is 1. The Hall–Kier alpha value is -1.69. The van der Waals surface area contributed by atoms with Crippen LogP contribution >= 0.6 is 0 Å². The van der Waals surface area contributed by atoms with Gasteiger partial charge in [0.1, 0.15) is 5.75 Å². The Balaban J connectivity index is 1.82. The van der Waals surface area contributed by atoms with Crippen LogP contribution in [0.4, 0.5) is 5.69 Å². The molecule has 0 unspecified atom stereocenters. The predicted molar refractivity (Wildman–Crippen MR) is 90.3 cm³/mol. The first-order chi connectivity index (χ1) is 11.6. The van der Waals surface area contributed by atoms with Crippen molar-refractivity contribution < 1.29 is 26.4 Å². The molecular formula is C14H19N3O6S2. The molecule has 3 rings (SSSR count). The molecular weight excluding hydrogens is 370 g/mol. The molecule has 0 saturated carbocycles. The van der Waals surface area contributed by atoms with E-state index in [9.17, 15) is 21.6 Å². The van der Waals surface area contributed by atoms with E-state index in [1.807, 2.05) is 0 Å². The van der Waals surface area contributed by atoms with E-state index in [1.54, 1.807) is 6.92 Å². The SMILES string of the molecule is C[C@H]1Oc2cc(S(=O)(=O)N3CCN(S(C)(=O)=O)CC3)ccc2NC1=O. The van der Waals surface area contributed by atoms with Gasteiger partial charge in [0.2, 0.25) is 20.0 Å². The van der Waals surface area contributed by atoms with E-state index in [2.05, 4.69) is 5.32 Å². The molecule has 1 aromatic carbocycles. The van der Waals surface area contributed by atoms with Crippen molar-refractivity contribution >= 4 is 31.6 Å². The maximum absolute atomic E-state index is 12.8. The van der Waals surface area contributed by atoms with Crippen molar-refractivity contribution in [1.82, 2.24) is 8.61 Å². The Bertz CT molecular complexity index is 904. The van der Waals surface area contributed by atoms with Gasteiger partial charge in [0.05, 0.1) is 16.8 Å². The molecule has 0 spiro atoms. The van der Waals surface area contributed by atoms with Gasteiger partial charge in [-0.1, -0.05) is 0 Å². The zero-order valence-corrected chi connectivity index (χ0v) is 15.4. The van der Waals surface area contributed by atoms with Gasteiger partial charge in [0, 0.05) is 32.2 Å². The highest BCUT2D eigenvalue weighted by Gasteiger charge is 2.32. The first-order valence-electron chi connectivity index (χ1n) is 7.66. The van der Waals surface area contributed by atoms with Crippen LogP contribution in [0.2, 0.25) is 0 Å². The van der Waals surface area contributed by atoms with E-state index in [4.69, 9.17) is 4.74 Å². The lowest BCUT2D eigenvalue weighted by Crippen LogP contribution is -2.50. The fourth-order valence-electron chi connectivity index (χ4n) is 2.73. The minimum atomic E-state index is -3.78. The summed E-state index contributed by atoms with van der Waals surface area (Å²) in [5.41, 5.74) is 0.420. The molecule has 1 amide bonds. The van der Waals surface area contributed by atoms with E-state index < -0.39 is 26.2 Å². The number of sulfonamides is 2. The molecule has 1 atom stereocenters. The molecule has 1 saturated heterocycles. The van der Waals surface area contributed by atoms with E-state index in [0.29, 0.717) is 11.4 Å². The minimum Gasteiger partial charge on any atom is -0.479 e. The van der Waals surface area contributed by atoms with Gasteiger partial charge in [-0.2, -0.15) is 8.61 Å². The van der Waals surface area contributed by atoms with Crippen LogP contribution in [-0.2, 0) is 24.8 Å². The smallest absolute Gasteiger partial charge is 0.265 e. The monoisotopic (exact) mass is 389 g/mol. The highest BCUT2D eigenvalue weighted by Crippen LogP contribution is 2.33. The molecule has 1 fully saturated rings. The largest absolute Gasteiger partial charge is 0.479 e. The lowest BCUT2D eigenvalue weighted by Gasteiger charge is -2.32. The second-order valence-electron chi connectivity index (χ2n) is 5.97. The number of rotatable bonds is 3. The first kappa shape index (κ1) is 18.1. The zero-order chi connectivity index (χ0) is 18.4. The summed E-state index contributed by atoms with van der Waals surface area (Å²) in [6.07, 6.45) is 0.400. The van der Waals surface area contributed by atoms with Crippen LogP contribution in [0.3, 0.4) is 0 Å². The Morgan fingerprint density at radius 3 is 2.28 bits per heavy atom. The second-order valence-corrected chi connectivity index (χ2v) is 9.89. The number of hydrogen-bond donors (Lipinski definition) is 1. The Kier molecular flexibility index (Phi) is 4.52. The first-order valence-corrected chi connectivity index (χ1v) is 10.9. The van der Waals surface area contributed by atoms with Crippen LogP contribution in [0.1, 0.15) is 6.92 Å². The highest BCUT2D eigenvalue weighted by atomic mass is 32.2. The number of amides is 1. The summed E-state index contributed by atoms with van der Waals surface area (Å²) < 4.78 is 56.6. The molecule has 2 heterocycles. The number of anilines is 1. The molecule has 9 nitrogen and oxygen atoms in total. The molecule has 0 aliphatic carbocycles. The molecule has 25 heavy (non-hydrogen) atoms. The number of hydrogen-bond acceptors (Lipinski definition) is 6. The molecule has 0 bridgehead atoms. The van der Waals surface area contributed by atoms with Crippen LogP contribution in [-0.4, -0.2) is 69.9 Å². The molecule has 2 aliphatic rings. The van der Waals surface area contributed by atoms with Crippen molar-refractivity contribution in [3.8, 4) is 5.75 Å². The van der Waals surface area contributed by atoms with Crippen molar-refractivity contribution in [2.24, 2.45) is 0 Å². The standard InChI is InChI=1S/C14H19N3O6S2/c1-10-14(18)15-12-4-3-11(9-13(12)23-10)25(21,22)17-7-5-16(6-8-17)24(2,19)20/h3-4,9-10H,5-8H2,1-2H3,(H,15,18)/t10-/m1/s1. The third kappa shape index (κ3) is 3.50. The van der Waals surface area contributed by atoms with Crippen LogP contribution in [0.25, 0.3) is 0 Å². The van der Waals surface area contributed by atoms with Crippen molar-refractivity contribution in [1.29, 1.82) is 0 Å². The van der Waals surface area contributed by atoms with Crippen molar-refractivity contribution in [3.63, 3.8) is 0 Å². The Labute approximate surface area is 146 Å². The van der Waals surface area contributed by atoms with Gasteiger partial charge >= 0.3 is 0 Å². The molecule has 11 heteroatoms. The van der Waals surface area contributed by atoms with Crippen LogP contribution in [0.5, 0.6) is 5.75 Å². The topological polar surface area (TPSA) is 113 Å². The van der Waals surface area contributed by atoms with Crippen LogP contribution < -0.4 is 10.1 Å². The number of fused-ring (bicyclic) bond motifs is 1. The quantitative estimate of drug-likeness (QED) is 0.758. The van der Waals surface area contributed by atoms with Crippen LogP contribution in [0.15, 0.2) is 23.1 Å². The zero-order valence-electron chi connectivity index (χ0n) is 13.8. The summed E-state index contributed by atoms with van der Waals surface area (Å²) in [7, 11) is -7.11. The maximum atomic E-state index is 12.8. The summed E-state index contributed by atoms with van der Waals surface area (Å²) in [6, 6.07) is 4.26. The average Bonchev–Trinajstić information content (AvgIpc) is 2.55. The van der Waals surface area contributed by atoms with Gasteiger partial charge in [-0.05, 0) is 19.1 Å². The van der Waals surface area contributed by atoms with Crippen molar-refractivity contribution in [2.45, 2.75) is 17.9 Å². The Morgan fingerprint density at radius 1 is 1.08 bits per heavy atom. The predicted octanol–water partition coefficient (Wildman–Crippen LogP) is -0.328. The van der Waals surface area contributed by atoms with Gasteiger partial charge in [-0.15, -0.1) is 0 Å². The number of nitrogens with zero attached hydrogens (tertiary/aromatic N) is 2. The normalized spacial score (nSPS) is 22.8. The minimum absolute atomic E-state index is 0.0439. The molecule has 1 aromatic rings. The number of carbonyl (C=O) groups excluding carboxylic acids is 1. The number of nitrogens with one attached hydrogen (secondary N) is 1. The summed E-state index contributed by atoms with van der Waals surface area (Å²) in [4.78, 5) is 11.6. The lowest BCUT2D eigenvalue weighted by atomic mass is 10.2. The second kappa shape index (κ2) is 6.24. The van der Waals surface area contributed by atoms with Crippen molar-refractivity contribution in [2.75, 3.05) is 37.8 Å². The van der Waals surface area contributed by atoms with Gasteiger partial charge in [-0.25, -0.2) is 16.8 Å². The van der Waals surface area contributed by atoms with E-state index in [-0.39, 0.29) is 37.0 Å². The fourth-order valence-corrected chi connectivity index (χ4v) is 5.00. The summed E-state index contributed by atoms with van der Waals surface area (Å²) in [5.74, 6) is 0.00273. The van der Waals surface area contributed by atoms with E-state index in [0.717, 1.165) is 6.26 Å². The summed E-state index contributed by atoms with van der Waals surface area (Å²) >= 11 is 0. The molecule has 2 aliphatic heterocycles. The lowest BCUT2D eigenvalue weighted by molar-refractivity contribution is -0.122. The average molecular weight is 389 g/mol. The van der Waals surface area contributed by atoms with Gasteiger partial charge < -0.3 is 10.1 Å². The van der Waals surface area contributed by atoms with Gasteiger partial charge in [0.15, 0.2) is 6.10 Å². The highest BCUT2D eigenvalue weighted by molar-refractivity contribution is 7.89. The van der Waals surface area contributed by atoms with E-state index >= 15 is 0 Å². The third-order valence-electron chi connectivity index (χ3n) is 4.19. The van der Waals surface area contributed by atoms with Crippen molar-refractivity contribution in [3.05, 3.63) is 18.2 Å². The van der Waals surface area contributed by atoms with Gasteiger partial charge in [0.25, 0.3) is 5.91 Å². The fraction of sp³-hybridized carbons (Fsp3) is 0.500. The van der Waals surface area contributed by atoms with E-state index in [1.165, 1.54) is 26.8 Å². The van der Waals surface area contributed by atoms with Crippen LogP contribution in [0, 0.1) is 0 Å². The summed E-state index contributed by atoms with van der Waals surface area (Å²) in [6.45, 7) is 1.98. The summed E-state index contributed by atoms with van der Waals surface area (Å²) in [5, 5.41) is 2.64. The van der Waals surface area contributed by atoms with Gasteiger partial charge in [-0.3, -0.25) is 4.79 Å². The maximum Gasteiger partial charge on any atom is 0.265 e. The number of ether oxygens (including phenoxy) is 1. The molecule has 1 N–H and O–H groups in total. The number of benzene rings is 1. The number of piperazine rings is 1. The molecule has 0 radical (unpaired) electrons.